The highest BCUT2D eigenvalue weighted by atomic mass is 35.5. The van der Waals surface area contributed by atoms with E-state index in [9.17, 15) is 0 Å². The average Bonchev–Trinajstić information content (AvgIpc) is 2.29. The molecule has 0 aromatic heterocycles. The summed E-state index contributed by atoms with van der Waals surface area (Å²) >= 11 is 12.2. The van der Waals surface area contributed by atoms with Crippen LogP contribution < -0.4 is 4.74 Å². The van der Waals surface area contributed by atoms with Gasteiger partial charge >= 0.3 is 0 Å². The van der Waals surface area contributed by atoms with Gasteiger partial charge in [-0.05, 0) is 19.4 Å². The lowest BCUT2D eigenvalue weighted by Gasteiger charge is -2.11. The van der Waals surface area contributed by atoms with Crippen LogP contribution in [0.1, 0.15) is 6.42 Å². The minimum absolute atomic E-state index is 0.539. The van der Waals surface area contributed by atoms with Gasteiger partial charge in [-0.1, -0.05) is 47.5 Å². The average molecular weight is 254 g/mol. The predicted molar refractivity (Wildman–Crippen MR) is 69.4 cm³/mol. The summed E-state index contributed by atoms with van der Waals surface area (Å²) in [5.74, 6) is 0.685. The van der Waals surface area contributed by atoms with E-state index in [2.05, 4.69) is 6.92 Å². The maximum Gasteiger partial charge on any atom is 0.145 e. The van der Waals surface area contributed by atoms with E-state index in [1.165, 1.54) is 0 Å². The minimum atomic E-state index is 0.539. The largest absolute Gasteiger partial charge is 0.491 e. The number of fused-ring (bicyclic) bond motifs is 1. The van der Waals surface area contributed by atoms with Crippen LogP contribution in [0.5, 0.6) is 5.75 Å². The van der Waals surface area contributed by atoms with Gasteiger partial charge in [-0.2, -0.15) is 0 Å². The van der Waals surface area contributed by atoms with Crippen LogP contribution in [0, 0.1) is 6.92 Å². The lowest BCUT2D eigenvalue weighted by molar-refractivity contribution is 0.328. The van der Waals surface area contributed by atoms with Crippen LogP contribution in [0.15, 0.2) is 30.3 Å². The smallest absolute Gasteiger partial charge is 0.145 e. The highest BCUT2D eigenvalue weighted by molar-refractivity contribution is 6.39. The third-order valence-electron chi connectivity index (χ3n) is 2.29. The molecule has 0 N–H and O–H groups in total. The number of hydrogen-bond acceptors (Lipinski definition) is 1. The van der Waals surface area contributed by atoms with Crippen LogP contribution in [0.4, 0.5) is 0 Å². The summed E-state index contributed by atoms with van der Waals surface area (Å²) in [6.45, 7) is 4.28. The molecule has 2 aromatic rings. The van der Waals surface area contributed by atoms with Crippen molar-refractivity contribution in [2.45, 2.75) is 6.42 Å². The molecule has 1 radical (unpaired) electrons. The van der Waals surface area contributed by atoms with Crippen LogP contribution in [0.2, 0.25) is 10.0 Å². The summed E-state index contributed by atoms with van der Waals surface area (Å²) in [4.78, 5) is 0. The lowest BCUT2D eigenvalue weighted by Crippen LogP contribution is -1.96. The van der Waals surface area contributed by atoms with Gasteiger partial charge in [0.1, 0.15) is 5.75 Å². The second-order valence-electron chi connectivity index (χ2n) is 3.42. The molecule has 2 rings (SSSR count). The van der Waals surface area contributed by atoms with Crippen molar-refractivity contribution < 1.29 is 4.74 Å². The van der Waals surface area contributed by atoms with E-state index in [4.69, 9.17) is 27.9 Å². The Morgan fingerprint density at radius 1 is 1.06 bits per heavy atom. The molecule has 0 atom stereocenters. The van der Waals surface area contributed by atoms with Crippen LogP contribution in [0.25, 0.3) is 10.8 Å². The fourth-order valence-corrected chi connectivity index (χ4v) is 2.19. The van der Waals surface area contributed by atoms with Gasteiger partial charge in [0, 0.05) is 10.8 Å². The number of halogens is 2. The Labute approximate surface area is 105 Å². The molecule has 0 spiro atoms. The first-order valence-corrected chi connectivity index (χ1v) is 5.78. The molecule has 0 aliphatic carbocycles. The minimum Gasteiger partial charge on any atom is -0.491 e. The first-order chi connectivity index (χ1) is 7.74. The van der Waals surface area contributed by atoms with E-state index in [0.29, 0.717) is 28.8 Å². The van der Waals surface area contributed by atoms with Gasteiger partial charge < -0.3 is 4.74 Å². The molecule has 2 aromatic carbocycles. The molecule has 83 valence electrons. The predicted octanol–water partition coefficient (Wildman–Crippen LogP) is 4.75. The number of benzene rings is 2. The van der Waals surface area contributed by atoms with Crippen LogP contribution in [0.3, 0.4) is 0 Å². The lowest BCUT2D eigenvalue weighted by atomic mass is 10.1. The second kappa shape index (κ2) is 4.94. The van der Waals surface area contributed by atoms with Crippen molar-refractivity contribution in [3.8, 4) is 5.75 Å². The summed E-state index contributed by atoms with van der Waals surface area (Å²) in [6.07, 6.45) is 0.702. The second-order valence-corrected chi connectivity index (χ2v) is 4.23. The van der Waals surface area contributed by atoms with E-state index in [1.807, 2.05) is 24.3 Å². The van der Waals surface area contributed by atoms with Crippen LogP contribution in [-0.4, -0.2) is 6.61 Å². The summed E-state index contributed by atoms with van der Waals surface area (Å²) in [6, 6.07) is 9.49. The summed E-state index contributed by atoms with van der Waals surface area (Å²) in [7, 11) is 0. The Bertz CT molecular complexity index is 509. The number of rotatable bonds is 3. The van der Waals surface area contributed by atoms with Gasteiger partial charge in [-0.3, -0.25) is 0 Å². The van der Waals surface area contributed by atoms with Crippen molar-refractivity contribution >= 4 is 34.0 Å². The first-order valence-electron chi connectivity index (χ1n) is 5.03. The summed E-state index contributed by atoms with van der Waals surface area (Å²) in [5, 5.41) is 3.07. The maximum absolute atomic E-state index is 6.12. The molecule has 0 saturated heterocycles. The van der Waals surface area contributed by atoms with Crippen molar-refractivity contribution in [1.29, 1.82) is 0 Å². The van der Waals surface area contributed by atoms with Gasteiger partial charge in [-0.25, -0.2) is 0 Å². The molecule has 0 fully saturated rings. The zero-order chi connectivity index (χ0) is 11.5. The Morgan fingerprint density at radius 3 is 2.44 bits per heavy atom. The molecule has 0 aliphatic rings. The molecule has 16 heavy (non-hydrogen) atoms. The normalized spacial score (nSPS) is 10.7. The Kier molecular flexibility index (Phi) is 3.57. The molecule has 3 heteroatoms. The maximum atomic E-state index is 6.12. The van der Waals surface area contributed by atoms with E-state index in [1.54, 1.807) is 6.07 Å². The van der Waals surface area contributed by atoms with Crippen LogP contribution in [-0.2, 0) is 0 Å². The van der Waals surface area contributed by atoms with Crippen molar-refractivity contribution in [3.05, 3.63) is 47.3 Å². The van der Waals surface area contributed by atoms with Gasteiger partial charge in [0.05, 0.1) is 16.7 Å². The van der Waals surface area contributed by atoms with E-state index in [-0.39, 0.29) is 0 Å². The molecular formula is C13H11Cl2O. The Morgan fingerprint density at radius 2 is 1.75 bits per heavy atom. The molecular weight excluding hydrogens is 243 g/mol. The van der Waals surface area contributed by atoms with Crippen molar-refractivity contribution in [2.75, 3.05) is 6.61 Å². The van der Waals surface area contributed by atoms with E-state index < -0.39 is 0 Å². The third-order valence-corrected chi connectivity index (χ3v) is 2.88. The molecule has 0 aliphatic heterocycles. The zero-order valence-electron chi connectivity index (χ0n) is 8.67. The molecule has 0 saturated carbocycles. The van der Waals surface area contributed by atoms with Crippen molar-refractivity contribution in [2.24, 2.45) is 0 Å². The van der Waals surface area contributed by atoms with Gasteiger partial charge in [0.2, 0.25) is 0 Å². The van der Waals surface area contributed by atoms with Gasteiger partial charge in [-0.15, -0.1) is 0 Å². The topological polar surface area (TPSA) is 9.23 Å². The van der Waals surface area contributed by atoms with E-state index in [0.717, 1.165) is 10.8 Å². The standard InChI is InChI=1S/C13H11Cl2O/c1-2-7-16-13-10-6-4-3-5-9(10)11(14)8-12(13)15/h3-6,8H,1-2,7H2. The Balaban J connectivity index is 2.61. The van der Waals surface area contributed by atoms with Crippen molar-refractivity contribution in [3.63, 3.8) is 0 Å². The monoisotopic (exact) mass is 253 g/mol. The third kappa shape index (κ3) is 2.11. The summed E-state index contributed by atoms with van der Waals surface area (Å²) in [5.41, 5.74) is 0. The fraction of sp³-hybridized carbons (Fsp3) is 0.154. The first kappa shape index (κ1) is 11.6. The van der Waals surface area contributed by atoms with E-state index >= 15 is 0 Å². The molecule has 0 heterocycles. The van der Waals surface area contributed by atoms with Crippen LogP contribution >= 0.6 is 23.2 Å². The quantitative estimate of drug-likeness (QED) is 0.767. The van der Waals surface area contributed by atoms with Gasteiger partial charge in [0.25, 0.3) is 0 Å². The molecule has 0 unspecified atom stereocenters. The molecule has 1 nitrogen and oxygen atoms in total. The van der Waals surface area contributed by atoms with Gasteiger partial charge in [0.15, 0.2) is 0 Å². The highest BCUT2D eigenvalue weighted by Crippen LogP contribution is 2.37. The number of ether oxygens (including phenoxy) is 1. The zero-order valence-corrected chi connectivity index (χ0v) is 10.2. The van der Waals surface area contributed by atoms with Crippen molar-refractivity contribution in [1.82, 2.24) is 0 Å². The fourth-order valence-electron chi connectivity index (χ4n) is 1.59. The summed E-state index contributed by atoms with van der Waals surface area (Å²) < 4.78 is 5.60. The molecule has 0 amide bonds. The highest BCUT2D eigenvalue weighted by Gasteiger charge is 2.10. The Hall–Kier alpha value is -0.920. The molecule has 0 bridgehead atoms. The SMILES string of the molecule is [CH2]CCOc1c(Cl)cc(Cl)c2ccccc12. The number of hydrogen-bond donors (Lipinski definition) is 0.